The third-order valence-corrected chi connectivity index (χ3v) is 3.09. The number of anilines is 3. The fourth-order valence-electron chi connectivity index (χ4n) is 1.71. The zero-order valence-corrected chi connectivity index (χ0v) is 12.6. The SMILES string of the molecule is CC(C)CNC(=O)CN(C)c1c(N)cc(N)c(Cl)c1F. The van der Waals surface area contributed by atoms with Crippen molar-refractivity contribution < 1.29 is 9.18 Å². The van der Waals surface area contributed by atoms with E-state index in [1.54, 1.807) is 7.05 Å². The largest absolute Gasteiger partial charge is 0.397 e. The molecule has 0 aromatic heterocycles. The molecule has 1 aromatic rings. The summed E-state index contributed by atoms with van der Waals surface area (Å²) in [6, 6.07) is 1.38. The summed E-state index contributed by atoms with van der Waals surface area (Å²) < 4.78 is 14.1. The molecule has 0 unspecified atom stereocenters. The zero-order chi connectivity index (χ0) is 15.4. The van der Waals surface area contributed by atoms with Crippen molar-refractivity contribution in [1.29, 1.82) is 0 Å². The minimum atomic E-state index is -0.719. The van der Waals surface area contributed by atoms with Gasteiger partial charge in [-0.25, -0.2) is 4.39 Å². The highest BCUT2D eigenvalue weighted by atomic mass is 35.5. The molecule has 7 heteroatoms. The van der Waals surface area contributed by atoms with Gasteiger partial charge in [0.25, 0.3) is 0 Å². The average molecular weight is 303 g/mol. The lowest BCUT2D eigenvalue weighted by atomic mass is 10.2. The Hall–Kier alpha value is -1.69. The normalized spacial score (nSPS) is 10.7. The summed E-state index contributed by atoms with van der Waals surface area (Å²) in [6.45, 7) is 4.52. The van der Waals surface area contributed by atoms with E-state index in [4.69, 9.17) is 23.1 Å². The predicted octanol–water partition coefficient (Wildman–Crippen LogP) is 1.85. The summed E-state index contributed by atoms with van der Waals surface area (Å²) in [6.07, 6.45) is 0. The number of carbonyl (C=O) groups is 1. The van der Waals surface area contributed by atoms with Gasteiger partial charge in [-0.1, -0.05) is 25.4 Å². The van der Waals surface area contributed by atoms with E-state index in [0.717, 1.165) is 0 Å². The quantitative estimate of drug-likeness (QED) is 0.725. The Kier molecular flexibility index (Phi) is 5.44. The van der Waals surface area contributed by atoms with E-state index in [1.165, 1.54) is 11.0 Å². The Morgan fingerprint density at radius 1 is 1.45 bits per heavy atom. The minimum absolute atomic E-state index is 0.0198. The maximum Gasteiger partial charge on any atom is 0.239 e. The van der Waals surface area contributed by atoms with Crippen LogP contribution in [0.3, 0.4) is 0 Å². The molecule has 0 bridgehead atoms. The third-order valence-electron chi connectivity index (χ3n) is 2.71. The van der Waals surface area contributed by atoms with Crippen LogP contribution in [-0.2, 0) is 4.79 Å². The highest BCUT2D eigenvalue weighted by Crippen LogP contribution is 2.35. The van der Waals surface area contributed by atoms with Crippen molar-refractivity contribution in [1.82, 2.24) is 5.32 Å². The van der Waals surface area contributed by atoms with E-state index in [9.17, 15) is 9.18 Å². The van der Waals surface area contributed by atoms with Gasteiger partial charge in [0.05, 0.1) is 23.6 Å². The number of hydrogen-bond donors (Lipinski definition) is 3. The Morgan fingerprint density at radius 3 is 2.60 bits per heavy atom. The second-order valence-electron chi connectivity index (χ2n) is 5.09. The summed E-state index contributed by atoms with van der Waals surface area (Å²) in [5.41, 5.74) is 11.5. The molecule has 0 saturated heterocycles. The third kappa shape index (κ3) is 3.90. The maximum absolute atomic E-state index is 14.1. The van der Waals surface area contributed by atoms with Crippen molar-refractivity contribution in [3.8, 4) is 0 Å². The van der Waals surface area contributed by atoms with Crippen LogP contribution < -0.4 is 21.7 Å². The van der Waals surface area contributed by atoms with Crippen LogP contribution >= 0.6 is 11.6 Å². The lowest BCUT2D eigenvalue weighted by Crippen LogP contribution is -2.37. The van der Waals surface area contributed by atoms with Crippen molar-refractivity contribution in [2.75, 3.05) is 36.5 Å². The van der Waals surface area contributed by atoms with E-state index >= 15 is 0 Å². The first-order valence-corrected chi connectivity index (χ1v) is 6.62. The Bertz CT molecular complexity index is 508. The van der Waals surface area contributed by atoms with Gasteiger partial charge in [0, 0.05) is 13.6 Å². The number of likely N-dealkylation sites (N-methyl/N-ethyl adjacent to an activating group) is 1. The van der Waals surface area contributed by atoms with Crippen molar-refractivity contribution in [3.63, 3.8) is 0 Å². The van der Waals surface area contributed by atoms with Gasteiger partial charge in [-0.3, -0.25) is 4.79 Å². The number of benzene rings is 1. The molecule has 5 N–H and O–H groups in total. The Labute approximate surface area is 123 Å². The van der Waals surface area contributed by atoms with Crippen molar-refractivity contribution in [3.05, 3.63) is 16.9 Å². The molecule has 5 nitrogen and oxygen atoms in total. The van der Waals surface area contributed by atoms with Gasteiger partial charge in [-0.2, -0.15) is 0 Å². The molecular formula is C13H20ClFN4O. The molecule has 1 rings (SSSR count). The maximum atomic E-state index is 14.1. The molecule has 0 radical (unpaired) electrons. The fraction of sp³-hybridized carbons (Fsp3) is 0.462. The van der Waals surface area contributed by atoms with Crippen LogP contribution in [-0.4, -0.2) is 26.0 Å². The summed E-state index contributed by atoms with van der Waals surface area (Å²) in [5, 5.41) is 2.56. The number of hydrogen-bond acceptors (Lipinski definition) is 4. The molecular weight excluding hydrogens is 283 g/mol. The number of nitrogens with two attached hydrogens (primary N) is 2. The monoisotopic (exact) mass is 302 g/mol. The van der Waals surface area contributed by atoms with Gasteiger partial charge < -0.3 is 21.7 Å². The number of amides is 1. The molecule has 0 aliphatic heterocycles. The Morgan fingerprint density at radius 2 is 2.05 bits per heavy atom. The lowest BCUT2D eigenvalue weighted by Gasteiger charge is -2.22. The molecule has 0 spiro atoms. The molecule has 1 aromatic carbocycles. The molecule has 0 fully saturated rings. The predicted molar refractivity (Wildman–Crippen MR) is 81.4 cm³/mol. The van der Waals surface area contributed by atoms with Crippen LogP contribution in [0.5, 0.6) is 0 Å². The van der Waals surface area contributed by atoms with E-state index in [1.807, 2.05) is 13.8 Å². The second-order valence-corrected chi connectivity index (χ2v) is 5.46. The van der Waals surface area contributed by atoms with Crippen LogP contribution in [0.1, 0.15) is 13.8 Å². The van der Waals surface area contributed by atoms with E-state index in [-0.39, 0.29) is 34.5 Å². The molecule has 0 aliphatic rings. The topological polar surface area (TPSA) is 84.4 Å². The van der Waals surface area contributed by atoms with Gasteiger partial charge in [0.15, 0.2) is 5.82 Å². The first kappa shape index (κ1) is 16.4. The zero-order valence-electron chi connectivity index (χ0n) is 11.8. The van der Waals surface area contributed by atoms with Gasteiger partial charge >= 0.3 is 0 Å². The first-order chi connectivity index (χ1) is 9.23. The number of halogens is 2. The summed E-state index contributed by atoms with van der Waals surface area (Å²) in [5.74, 6) is -0.590. The molecule has 1 amide bonds. The molecule has 0 aliphatic carbocycles. The van der Waals surface area contributed by atoms with Crippen LogP contribution in [0.15, 0.2) is 6.07 Å². The van der Waals surface area contributed by atoms with Gasteiger partial charge in [-0.15, -0.1) is 0 Å². The Balaban J connectivity index is 2.85. The number of nitrogen functional groups attached to an aromatic ring is 2. The second kappa shape index (κ2) is 6.65. The average Bonchev–Trinajstić information content (AvgIpc) is 2.33. The van der Waals surface area contributed by atoms with Crippen LogP contribution in [0.4, 0.5) is 21.5 Å². The highest BCUT2D eigenvalue weighted by Gasteiger charge is 2.19. The van der Waals surface area contributed by atoms with Crippen LogP contribution in [0.25, 0.3) is 0 Å². The summed E-state index contributed by atoms with van der Waals surface area (Å²) >= 11 is 5.76. The van der Waals surface area contributed by atoms with Crippen LogP contribution in [0, 0.1) is 11.7 Å². The van der Waals surface area contributed by atoms with E-state index in [2.05, 4.69) is 5.32 Å². The highest BCUT2D eigenvalue weighted by molar-refractivity contribution is 6.33. The molecule has 112 valence electrons. The summed E-state index contributed by atoms with van der Waals surface area (Å²) in [7, 11) is 1.57. The van der Waals surface area contributed by atoms with E-state index < -0.39 is 5.82 Å². The van der Waals surface area contributed by atoms with Crippen molar-refractivity contribution in [2.24, 2.45) is 5.92 Å². The molecule has 0 saturated carbocycles. The first-order valence-electron chi connectivity index (χ1n) is 6.24. The van der Waals surface area contributed by atoms with Crippen molar-refractivity contribution >= 4 is 34.6 Å². The number of rotatable bonds is 5. The van der Waals surface area contributed by atoms with Gasteiger partial charge in [0.1, 0.15) is 5.02 Å². The fourth-order valence-corrected chi connectivity index (χ4v) is 1.86. The van der Waals surface area contributed by atoms with Crippen LogP contribution in [0.2, 0.25) is 5.02 Å². The molecule has 0 atom stereocenters. The minimum Gasteiger partial charge on any atom is -0.397 e. The number of nitrogens with zero attached hydrogens (tertiary/aromatic N) is 1. The van der Waals surface area contributed by atoms with Gasteiger partial charge in [-0.05, 0) is 12.0 Å². The number of nitrogens with one attached hydrogen (secondary N) is 1. The summed E-state index contributed by atoms with van der Waals surface area (Å²) in [4.78, 5) is 13.1. The molecule has 20 heavy (non-hydrogen) atoms. The van der Waals surface area contributed by atoms with Gasteiger partial charge in [0.2, 0.25) is 5.91 Å². The lowest BCUT2D eigenvalue weighted by molar-refractivity contribution is -0.119. The smallest absolute Gasteiger partial charge is 0.239 e. The number of carbonyl (C=O) groups excluding carboxylic acids is 1. The van der Waals surface area contributed by atoms with Crippen molar-refractivity contribution in [2.45, 2.75) is 13.8 Å². The standard InChI is InChI=1S/C13H20ClFN4O/c1-7(2)5-18-10(20)6-19(3)13-9(17)4-8(16)11(14)12(13)15/h4,7H,5-6,16-17H2,1-3H3,(H,18,20). The molecule has 0 heterocycles. The van der Waals surface area contributed by atoms with E-state index in [0.29, 0.717) is 12.5 Å².